The second kappa shape index (κ2) is 16.3. The minimum Gasteiger partial charge on any atom is -0.465 e. The van der Waals surface area contributed by atoms with Crippen molar-refractivity contribution in [1.82, 2.24) is 0 Å². The largest absolute Gasteiger partial charge is 0.465 e. The Hall–Kier alpha value is -0.580. The highest BCUT2D eigenvalue weighted by atomic mass is 79.9. The molecule has 0 radical (unpaired) electrons. The van der Waals surface area contributed by atoms with Crippen molar-refractivity contribution in [2.24, 2.45) is 5.92 Å². The van der Waals surface area contributed by atoms with Gasteiger partial charge < -0.3 is 9.47 Å². The van der Waals surface area contributed by atoms with Crippen LogP contribution in [-0.4, -0.2) is 30.5 Å². The molecule has 0 N–H and O–H groups in total. The summed E-state index contributed by atoms with van der Waals surface area (Å²) in [6, 6.07) is 0. The minimum absolute atomic E-state index is 0.295. The summed E-state index contributed by atoms with van der Waals surface area (Å²) < 4.78 is 9.94. The van der Waals surface area contributed by atoms with E-state index in [0.29, 0.717) is 19.6 Å². The molecule has 0 aromatic rings. The molecule has 136 valence electrons. The van der Waals surface area contributed by atoms with Crippen LogP contribution in [0.25, 0.3) is 0 Å². The summed E-state index contributed by atoms with van der Waals surface area (Å²) in [5.41, 5.74) is 0. The molecule has 0 saturated heterocycles. The van der Waals surface area contributed by atoms with E-state index in [2.05, 4.69) is 15.9 Å². The van der Waals surface area contributed by atoms with Crippen LogP contribution in [0.15, 0.2) is 0 Å². The molecule has 0 unspecified atom stereocenters. The van der Waals surface area contributed by atoms with Crippen LogP contribution in [0.1, 0.15) is 78.1 Å². The van der Waals surface area contributed by atoms with Gasteiger partial charge in [-0.15, -0.1) is 0 Å². The second-order valence-electron chi connectivity index (χ2n) is 5.72. The number of unbranched alkanes of at least 4 members (excludes halogenated alkanes) is 8. The van der Waals surface area contributed by atoms with Crippen molar-refractivity contribution in [3.8, 4) is 0 Å². The Morgan fingerprint density at radius 1 is 0.739 bits per heavy atom. The van der Waals surface area contributed by atoms with Crippen LogP contribution in [-0.2, 0) is 19.1 Å². The minimum atomic E-state index is -0.751. The van der Waals surface area contributed by atoms with E-state index < -0.39 is 17.9 Å². The van der Waals surface area contributed by atoms with Crippen LogP contribution < -0.4 is 0 Å². The van der Waals surface area contributed by atoms with Crippen LogP contribution in [0, 0.1) is 5.92 Å². The molecule has 0 aliphatic carbocycles. The number of carbonyl (C=O) groups excluding carboxylic acids is 2. The van der Waals surface area contributed by atoms with Crippen LogP contribution >= 0.6 is 15.9 Å². The Labute approximate surface area is 149 Å². The highest BCUT2D eigenvalue weighted by Gasteiger charge is 2.28. The molecule has 0 bridgehead atoms. The lowest BCUT2D eigenvalue weighted by atomic mass is 10.00. The average Bonchev–Trinajstić information content (AvgIpc) is 2.53. The van der Waals surface area contributed by atoms with E-state index in [-0.39, 0.29) is 0 Å². The van der Waals surface area contributed by atoms with Crippen molar-refractivity contribution in [3.05, 3.63) is 0 Å². The quantitative estimate of drug-likeness (QED) is 0.170. The molecule has 0 aliphatic heterocycles. The zero-order valence-electron chi connectivity index (χ0n) is 14.8. The van der Waals surface area contributed by atoms with Crippen molar-refractivity contribution in [1.29, 1.82) is 0 Å². The van der Waals surface area contributed by atoms with Crippen LogP contribution in [0.5, 0.6) is 0 Å². The molecule has 0 fully saturated rings. The molecule has 5 heteroatoms. The SMILES string of the molecule is CCOC(=O)C(CCCCCCCCCCCBr)C(=O)OCC. The third-order valence-electron chi connectivity index (χ3n) is 3.77. The van der Waals surface area contributed by atoms with E-state index in [4.69, 9.17) is 9.47 Å². The number of alkyl halides is 1. The zero-order chi connectivity index (χ0) is 17.3. The number of rotatable bonds is 15. The van der Waals surface area contributed by atoms with Gasteiger partial charge >= 0.3 is 11.9 Å². The number of ether oxygens (including phenoxy) is 2. The smallest absolute Gasteiger partial charge is 0.320 e. The molecule has 0 atom stereocenters. The molecular weight excluding hydrogens is 360 g/mol. The van der Waals surface area contributed by atoms with Gasteiger partial charge in [0.05, 0.1) is 13.2 Å². The monoisotopic (exact) mass is 392 g/mol. The van der Waals surface area contributed by atoms with Crippen molar-refractivity contribution in [2.45, 2.75) is 78.1 Å². The number of esters is 2. The summed E-state index contributed by atoms with van der Waals surface area (Å²) in [5, 5.41) is 1.11. The van der Waals surface area contributed by atoms with Gasteiger partial charge in [0, 0.05) is 5.33 Å². The van der Waals surface area contributed by atoms with E-state index in [1.54, 1.807) is 13.8 Å². The topological polar surface area (TPSA) is 52.6 Å². The summed E-state index contributed by atoms with van der Waals surface area (Å²) in [6.07, 6.45) is 11.3. The van der Waals surface area contributed by atoms with E-state index in [1.807, 2.05) is 0 Å². The van der Waals surface area contributed by atoms with Gasteiger partial charge in [0.25, 0.3) is 0 Å². The average molecular weight is 393 g/mol. The van der Waals surface area contributed by atoms with Gasteiger partial charge in [-0.2, -0.15) is 0 Å². The molecular formula is C18H33BrO4. The first-order valence-corrected chi connectivity index (χ1v) is 10.2. The molecule has 0 heterocycles. The van der Waals surface area contributed by atoms with Gasteiger partial charge in [-0.1, -0.05) is 67.3 Å². The molecule has 0 amide bonds. The summed E-state index contributed by atoms with van der Waals surface area (Å²) in [4.78, 5) is 23.6. The molecule has 4 nitrogen and oxygen atoms in total. The van der Waals surface area contributed by atoms with Crippen LogP contribution in [0.3, 0.4) is 0 Å². The first kappa shape index (κ1) is 22.4. The fourth-order valence-corrected chi connectivity index (χ4v) is 2.89. The first-order valence-electron chi connectivity index (χ1n) is 9.06. The Morgan fingerprint density at radius 2 is 1.13 bits per heavy atom. The Bertz CT molecular complexity index is 289. The number of hydrogen-bond acceptors (Lipinski definition) is 4. The number of carbonyl (C=O) groups is 2. The highest BCUT2D eigenvalue weighted by Crippen LogP contribution is 2.16. The molecule has 0 aromatic heterocycles. The van der Waals surface area contributed by atoms with Crippen molar-refractivity contribution >= 4 is 27.9 Å². The molecule has 0 rings (SSSR count). The summed E-state index contributed by atoms with van der Waals surface area (Å²) in [7, 11) is 0. The number of hydrogen-bond donors (Lipinski definition) is 0. The van der Waals surface area contributed by atoms with Crippen molar-refractivity contribution < 1.29 is 19.1 Å². The van der Waals surface area contributed by atoms with Gasteiger partial charge in [0.2, 0.25) is 0 Å². The van der Waals surface area contributed by atoms with E-state index in [9.17, 15) is 9.59 Å². The molecule has 23 heavy (non-hydrogen) atoms. The lowest BCUT2D eigenvalue weighted by molar-refractivity contribution is -0.161. The van der Waals surface area contributed by atoms with Crippen molar-refractivity contribution in [3.63, 3.8) is 0 Å². The molecule has 0 aromatic carbocycles. The number of halogens is 1. The second-order valence-corrected chi connectivity index (χ2v) is 6.51. The predicted molar refractivity (Wildman–Crippen MR) is 96.7 cm³/mol. The maximum Gasteiger partial charge on any atom is 0.320 e. The van der Waals surface area contributed by atoms with Crippen LogP contribution in [0.2, 0.25) is 0 Å². The Kier molecular flexibility index (Phi) is 15.9. The first-order chi connectivity index (χ1) is 11.2. The molecule has 0 aliphatic rings. The van der Waals surface area contributed by atoms with E-state index in [1.165, 1.54) is 38.5 Å². The fourth-order valence-electron chi connectivity index (χ4n) is 2.50. The van der Waals surface area contributed by atoms with Gasteiger partial charge in [0.15, 0.2) is 5.92 Å². The van der Waals surface area contributed by atoms with Gasteiger partial charge in [-0.05, 0) is 26.7 Å². The Balaban J connectivity index is 3.78. The molecule has 0 saturated carbocycles. The summed E-state index contributed by atoms with van der Waals surface area (Å²) in [6.45, 7) is 4.09. The normalized spacial score (nSPS) is 10.8. The summed E-state index contributed by atoms with van der Waals surface area (Å²) >= 11 is 3.45. The fraction of sp³-hybridized carbons (Fsp3) is 0.889. The van der Waals surface area contributed by atoms with Gasteiger partial charge in [-0.25, -0.2) is 0 Å². The maximum absolute atomic E-state index is 11.8. The lowest BCUT2D eigenvalue weighted by Gasteiger charge is -2.14. The van der Waals surface area contributed by atoms with E-state index >= 15 is 0 Å². The Morgan fingerprint density at radius 3 is 1.52 bits per heavy atom. The van der Waals surface area contributed by atoms with Crippen LogP contribution in [0.4, 0.5) is 0 Å². The lowest BCUT2D eigenvalue weighted by Crippen LogP contribution is -2.28. The standard InChI is InChI=1S/C18H33BrO4/c1-3-22-17(20)16(18(21)23-4-2)14-12-10-8-6-5-7-9-11-13-15-19/h16H,3-15H2,1-2H3. The van der Waals surface area contributed by atoms with Gasteiger partial charge in [0.1, 0.15) is 0 Å². The third-order valence-corrected chi connectivity index (χ3v) is 4.33. The highest BCUT2D eigenvalue weighted by molar-refractivity contribution is 9.09. The van der Waals surface area contributed by atoms with Gasteiger partial charge in [-0.3, -0.25) is 9.59 Å². The predicted octanol–water partition coefficient (Wildman–Crippen LogP) is 5.02. The third kappa shape index (κ3) is 12.5. The maximum atomic E-state index is 11.8. The molecule has 0 spiro atoms. The van der Waals surface area contributed by atoms with E-state index in [0.717, 1.165) is 24.6 Å². The zero-order valence-corrected chi connectivity index (χ0v) is 16.4. The summed E-state index contributed by atoms with van der Waals surface area (Å²) in [5.74, 6) is -1.64. The van der Waals surface area contributed by atoms with Crippen molar-refractivity contribution in [2.75, 3.05) is 18.5 Å².